The number of guanidine groups is 1. The molecule has 0 spiro atoms. The summed E-state index contributed by atoms with van der Waals surface area (Å²) in [6.07, 6.45) is 7.69. The Morgan fingerprint density at radius 2 is 1.85 bits per heavy atom. The molecule has 2 rings (SSSR count). The van der Waals surface area contributed by atoms with Crippen LogP contribution in [0, 0.1) is 5.41 Å². The minimum atomic E-state index is -0.0631. The van der Waals surface area contributed by atoms with Gasteiger partial charge in [-0.05, 0) is 38.0 Å². The lowest BCUT2D eigenvalue weighted by Gasteiger charge is -2.30. The maximum atomic E-state index is 11.8. The maximum Gasteiger partial charge on any atom is 0.229 e. The van der Waals surface area contributed by atoms with Gasteiger partial charge in [0.05, 0.1) is 0 Å². The van der Waals surface area contributed by atoms with E-state index in [0.29, 0.717) is 32.4 Å². The second-order valence-corrected chi connectivity index (χ2v) is 7.30. The number of hydrogen-bond donors (Lipinski definition) is 2. The van der Waals surface area contributed by atoms with Crippen molar-refractivity contribution in [3.05, 3.63) is 0 Å². The third-order valence-corrected chi connectivity index (χ3v) is 5.51. The summed E-state index contributed by atoms with van der Waals surface area (Å²) < 4.78 is 5.56. The van der Waals surface area contributed by atoms with Gasteiger partial charge in [-0.2, -0.15) is 0 Å². The van der Waals surface area contributed by atoms with Crippen LogP contribution >= 0.6 is 0 Å². The van der Waals surface area contributed by atoms with Gasteiger partial charge in [0.1, 0.15) is 0 Å². The van der Waals surface area contributed by atoms with E-state index in [2.05, 4.69) is 15.6 Å². The Labute approximate surface area is 156 Å². The van der Waals surface area contributed by atoms with E-state index < -0.39 is 0 Å². The molecule has 0 aromatic heterocycles. The van der Waals surface area contributed by atoms with Crippen molar-refractivity contribution in [3.63, 3.8) is 0 Å². The Morgan fingerprint density at radius 3 is 2.46 bits per heavy atom. The average molecular weight is 367 g/mol. The summed E-state index contributed by atoms with van der Waals surface area (Å²) in [5.41, 5.74) is 0.283. The highest BCUT2D eigenvalue weighted by atomic mass is 16.5. The maximum absolute atomic E-state index is 11.8. The van der Waals surface area contributed by atoms with E-state index >= 15 is 0 Å². The molecule has 2 amide bonds. The van der Waals surface area contributed by atoms with Gasteiger partial charge in [0.25, 0.3) is 0 Å². The zero-order valence-electron chi connectivity index (χ0n) is 16.3. The number of imide groups is 1. The number of amides is 2. The number of likely N-dealkylation sites (tertiary alicyclic amines) is 1. The fourth-order valence-corrected chi connectivity index (χ4v) is 3.90. The predicted octanol–water partition coefficient (Wildman–Crippen LogP) is 1.68. The zero-order valence-corrected chi connectivity index (χ0v) is 16.3. The first-order chi connectivity index (χ1) is 12.6. The first-order valence-corrected chi connectivity index (χ1v) is 9.96. The number of aliphatic imine (C=N–C) groups is 1. The second-order valence-electron chi connectivity index (χ2n) is 7.30. The van der Waals surface area contributed by atoms with Crippen molar-refractivity contribution in [2.45, 2.75) is 58.3 Å². The quantitative estimate of drug-likeness (QED) is 0.281. The molecule has 7 heteroatoms. The Balaban J connectivity index is 1.75. The molecule has 2 aliphatic rings. The molecule has 7 nitrogen and oxygen atoms in total. The molecule has 0 bridgehead atoms. The highest BCUT2D eigenvalue weighted by Gasteiger charge is 2.33. The van der Waals surface area contributed by atoms with Gasteiger partial charge >= 0.3 is 0 Å². The van der Waals surface area contributed by atoms with E-state index in [1.54, 1.807) is 7.05 Å². The number of nitrogens with one attached hydrogen (secondary N) is 2. The van der Waals surface area contributed by atoms with Gasteiger partial charge in [0.15, 0.2) is 5.96 Å². The molecule has 0 radical (unpaired) electrons. The van der Waals surface area contributed by atoms with Gasteiger partial charge < -0.3 is 15.4 Å². The van der Waals surface area contributed by atoms with Gasteiger partial charge in [0.2, 0.25) is 11.8 Å². The minimum absolute atomic E-state index is 0.0631. The van der Waals surface area contributed by atoms with Crippen LogP contribution in [0.15, 0.2) is 4.99 Å². The predicted molar refractivity (Wildman–Crippen MR) is 102 cm³/mol. The normalized spacial score (nSPS) is 20.5. The Hall–Kier alpha value is -1.63. The molecule has 1 aliphatic carbocycles. The summed E-state index contributed by atoms with van der Waals surface area (Å²) in [7, 11) is 1.74. The molecule has 0 unspecified atom stereocenters. The van der Waals surface area contributed by atoms with Crippen LogP contribution in [-0.2, 0) is 14.3 Å². The van der Waals surface area contributed by atoms with Crippen molar-refractivity contribution in [2.75, 3.05) is 39.9 Å². The van der Waals surface area contributed by atoms with Crippen molar-refractivity contribution in [2.24, 2.45) is 10.4 Å². The second kappa shape index (κ2) is 10.5. The monoisotopic (exact) mass is 366 g/mol. The standard InChI is InChI=1S/C19H34N4O3/c1-3-26-14-11-19(9-4-5-10-19)15-22-18(20-2)21-12-13-23-16(24)7-6-8-17(23)25/h3-15H2,1-2H3,(H2,20,21,22). The topological polar surface area (TPSA) is 83.0 Å². The Bertz CT molecular complexity index is 485. The van der Waals surface area contributed by atoms with Crippen LogP contribution in [0.25, 0.3) is 0 Å². The molecule has 1 saturated heterocycles. The van der Waals surface area contributed by atoms with E-state index in [1.807, 2.05) is 6.92 Å². The van der Waals surface area contributed by atoms with Crippen LogP contribution in [0.2, 0.25) is 0 Å². The number of ether oxygens (including phenoxy) is 1. The van der Waals surface area contributed by atoms with Crippen molar-refractivity contribution in [1.82, 2.24) is 15.5 Å². The Morgan fingerprint density at radius 1 is 1.15 bits per heavy atom. The third-order valence-electron chi connectivity index (χ3n) is 5.51. The summed E-state index contributed by atoms with van der Waals surface area (Å²) >= 11 is 0. The highest BCUT2D eigenvalue weighted by Crippen LogP contribution is 2.40. The lowest BCUT2D eigenvalue weighted by Crippen LogP contribution is -2.48. The fourth-order valence-electron chi connectivity index (χ4n) is 3.90. The smallest absolute Gasteiger partial charge is 0.229 e. The molecule has 0 aromatic carbocycles. The molecule has 1 heterocycles. The summed E-state index contributed by atoms with van der Waals surface area (Å²) in [5.74, 6) is 0.600. The summed E-state index contributed by atoms with van der Waals surface area (Å²) in [5, 5.41) is 6.66. The summed E-state index contributed by atoms with van der Waals surface area (Å²) in [6, 6.07) is 0. The van der Waals surface area contributed by atoms with E-state index in [9.17, 15) is 9.59 Å². The van der Waals surface area contributed by atoms with Crippen LogP contribution in [0.1, 0.15) is 58.3 Å². The van der Waals surface area contributed by atoms with Crippen LogP contribution in [0.4, 0.5) is 0 Å². The third kappa shape index (κ3) is 5.97. The SMILES string of the molecule is CCOCCC1(CNC(=NC)NCCN2C(=O)CCCC2=O)CCCC1. The van der Waals surface area contributed by atoms with E-state index in [4.69, 9.17) is 4.74 Å². The number of hydrogen-bond acceptors (Lipinski definition) is 4. The Kier molecular flexibility index (Phi) is 8.35. The first-order valence-electron chi connectivity index (χ1n) is 9.96. The molecular formula is C19H34N4O3. The van der Waals surface area contributed by atoms with Crippen LogP contribution in [-0.4, -0.2) is 62.6 Å². The lowest BCUT2D eigenvalue weighted by molar-refractivity contribution is -0.147. The summed E-state index contributed by atoms with van der Waals surface area (Å²) in [4.78, 5) is 29.3. The highest BCUT2D eigenvalue weighted by molar-refractivity contribution is 5.97. The number of rotatable bonds is 9. The fraction of sp³-hybridized carbons (Fsp3) is 0.842. The molecule has 1 aliphatic heterocycles. The van der Waals surface area contributed by atoms with Gasteiger partial charge in [-0.25, -0.2) is 0 Å². The van der Waals surface area contributed by atoms with Crippen molar-refractivity contribution in [3.8, 4) is 0 Å². The molecule has 0 aromatic rings. The minimum Gasteiger partial charge on any atom is -0.382 e. The summed E-state index contributed by atoms with van der Waals surface area (Å²) in [6.45, 7) is 5.39. The van der Waals surface area contributed by atoms with Crippen LogP contribution in [0.5, 0.6) is 0 Å². The van der Waals surface area contributed by atoms with Gasteiger partial charge in [-0.1, -0.05) is 12.8 Å². The van der Waals surface area contributed by atoms with E-state index in [0.717, 1.165) is 32.1 Å². The number of carbonyl (C=O) groups is 2. The molecule has 2 fully saturated rings. The van der Waals surface area contributed by atoms with Crippen molar-refractivity contribution in [1.29, 1.82) is 0 Å². The molecule has 26 heavy (non-hydrogen) atoms. The van der Waals surface area contributed by atoms with Crippen molar-refractivity contribution < 1.29 is 14.3 Å². The molecule has 2 N–H and O–H groups in total. The number of nitrogens with zero attached hydrogens (tertiary/aromatic N) is 2. The van der Waals surface area contributed by atoms with Crippen molar-refractivity contribution >= 4 is 17.8 Å². The average Bonchev–Trinajstić information content (AvgIpc) is 3.09. The number of carbonyl (C=O) groups excluding carboxylic acids is 2. The van der Waals surface area contributed by atoms with Gasteiger partial charge in [0, 0.05) is 52.7 Å². The molecule has 1 saturated carbocycles. The molecule has 0 atom stereocenters. The van der Waals surface area contributed by atoms with E-state index in [-0.39, 0.29) is 17.2 Å². The lowest BCUT2D eigenvalue weighted by atomic mass is 9.83. The van der Waals surface area contributed by atoms with E-state index in [1.165, 1.54) is 30.6 Å². The largest absolute Gasteiger partial charge is 0.382 e. The van der Waals surface area contributed by atoms with Gasteiger partial charge in [-0.15, -0.1) is 0 Å². The molecule has 148 valence electrons. The first kappa shape index (κ1) is 20.7. The number of piperidine rings is 1. The van der Waals surface area contributed by atoms with Gasteiger partial charge in [-0.3, -0.25) is 19.5 Å². The van der Waals surface area contributed by atoms with Crippen LogP contribution < -0.4 is 10.6 Å². The zero-order chi connectivity index (χ0) is 18.8. The van der Waals surface area contributed by atoms with Crippen LogP contribution in [0.3, 0.4) is 0 Å². The molecular weight excluding hydrogens is 332 g/mol.